The molecule has 22 heavy (non-hydrogen) atoms. The van der Waals surface area contributed by atoms with E-state index in [-0.39, 0.29) is 5.91 Å². The largest absolute Gasteiger partial charge is 0.463 e. The minimum Gasteiger partial charge on any atom is -0.463 e. The number of fused-ring (bicyclic) bond motifs is 1. The number of hydrogen-bond donors (Lipinski definition) is 1. The van der Waals surface area contributed by atoms with Crippen LogP contribution in [-0.4, -0.2) is 16.0 Å². The third-order valence-electron chi connectivity index (χ3n) is 3.61. The van der Waals surface area contributed by atoms with E-state index in [2.05, 4.69) is 22.4 Å². The highest BCUT2D eigenvalue weighted by atomic mass is 16.5. The van der Waals surface area contributed by atoms with Crippen molar-refractivity contribution in [3.05, 3.63) is 47.8 Å². The van der Waals surface area contributed by atoms with Crippen LogP contribution in [0.25, 0.3) is 11.0 Å². The quantitative estimate of drug-likeness (QED) is 0.800. The Labute approximate surface area is 127 Å². The lowest BCUT2D eigenvalue weighted by Gasteiger charge is -2.21. The van der Waals surface area contributed by atoms with Crippen molar-refractivity contribution in [2.24, 2.45) is 0 Å². The molecule has 6 nitrogen and oxygen atoms in total. The molecule has 3 rings (SSSR count). The maximum absolute atomic E-state index is 12.6. The molecule has 3 aromatic rings. The van der Waals surface area contributed by atoms with E-state index >= 15 is 0 Å². The number of nitrogens with one attached hydrogen (secondary N) is 1. The first-order chi connectivity index (χ1) is 10.5. The van der Waals surface area contributed by atoms with E-state index in [4.69, 9.17) is 8.94 Å². The van der Waals surface area contributed by atoms with Gasteiger partial charge in [-0.1, -0.05) is 18.1 Å². The summed E-state index contributed by atoms with van der Waals surface area (Å²) < 4.78 is 10.5. The molecule has 1 N–H and O–H groups in total. The number of carbonyl (C=O) groups excluding carboxylic acids is 1. The lowest BCUT2D eigenvalue weighted by atomic mass is 10.0. The first-order valence-electron chi connectivity index (χ1n) is 7.11. The monoisotopic (exact) mass is 299 g/mol. The minimum atomic E-state index is -0.764. The molecule has 0 aliphatic rings. The van der Waals surface area contributed by atoms with Crippen LogP contribution >= 0.6 is 0 Å². The molecule has 0 saturated heterocycles. The van der Waals surface area contributed by atoms with Gasteiger partial charge in [0.2, 0.25) is 0 Å². The third-order valence-corrected chi connectivity index (χ3v) is 3.61. The van der Waals surface area contributed by atoms with Gasteiger partial charge in [-0.25, -0.2) is 0 Å². The van der Waals surface area contributed by atoms with Crippen LogP contribution in [0.15, 0.2) is 39.7 Å². The second-order valence-electron chi connectivity index (χ2n) is 5.66. The fourth-order valence-electron chi connectivity index (χ4n) is 2.33. The number of benzene rings is 1. The molecule has 114 valence electrons. The standard InChI is InChI=1S/C16H17N3O3/c1-4-10-5-6-13-11(7-10)12(8-21-13)14(20)19-16(2,3)15-17-9-18-22-15/h5-9H,4H2,1-3H3,(H,19,20). The first kappa shape index (κ1) is 14.3. The number of rotatable bonds is 4. The van der Waals surface area contributed by atoms with Gasteiger partial charge in [-0.15, -0.1) is 0 Å². The van der Waals surface area contributed by atoms with Crippen molar-refractivity contribution in [3.63, 3.8) is 0 Å². The summed E-state index contributed by atoms with van der Waals surface area (Å²) in [6.07, 6.45) is 3.68. The smallest absolute Gasteiger partial charge is 0.256 e. The first-order valence-corrected chi connectivity index (χ1v) is 7.11. The van der Waals surface area contributed by atoms with E-state index in [0.29, 0.717) is 17.0 Å². The molecular formula is C16H17N3O3. The maximum atomic E-state index is 12.6. The SMILES string of the molecule is CCc1ccc2occ(C(=O)NC(C)(C)c3ncno3)c2c1. The fourth-order valence-corrected chi connectivity index (χ4v) is 2.33. The zero-order valence-electron chi connectivity index (χ0n) is 12.7. The van der Waals surface area contributed by atoms with Gasteiger partial charge in [0.05, 0.1) is 5.56 Å². The Morgan fingerprint density at radius 3 is 2.86 bits per heavy atom. The molecule has 0 spiro atoms. The van der Waals surface area contributed by atoms with Gasteiger partial charge in [0, 0.05) is 5.39 Å². The Morgan fingerprint density at radius 1 is 1.36 bits per heavy atom. The number of hydrogen-bond acceptors (Lipinski definition) is 5. The second kappa shape index (κ2) is 5.29. The molecule has 1 amide bonds. The molecule has 0 aliphatic heterocycles. The van der Waals surface area contributed by atoms with Gasteiger partial charge in [-0.2, -0.15) is 4.98 Å². The number of furan rings is 1. The van der Waals surface area contributed by atoms with E-state index in [1.165, 1.54) is 12.6 Å². The van der Waals surface area contributed by atoms with Crippen LogP contribution in [0.4, 0.5) is 0 Å². The number of aryl methyl sites for hydroxylation is 1. The average molecular weight is 299 g/mol. The van der Waals surface area contributed by atoms with Gasteiger partial charge in [0.1, 0.15) is 17.4 Å². The Hall–Kier alpha value is -2.63. The molecule has 0 bridgehead atoms. The van der Waals surface area contributed by atoms with Crippen molar-refractivity contribution in [2.45, 2.75) is 32.7 Å². The van der Waals surface area contributed by atoms with Crippen molar-refractivity contribution in [1.82, 2.24) is 15.5 Å². The molecule has 0 unspecified atom stereocenters. The van der Waals surface area contributed by atoms with Crippen LogP contribution in [0, 0.1) is 0 Å². The summed E-state index contributed by atoms with van der Waals surface area (Å²) in [5, 5.41) is 7.27. The highest BCUT2D eigenvalue weighted by molar-refractivity contribution is 6.06. The van der Waals surface area contributed by atoms with Gasteiger partial charge in [0.25, 0.3) is 11.8 Å². The van der Waals surface area contributed by atoms with E-state index in [1.54, 1.807) is 13.8 Å². The van der Waals surface area contributed by atoms with Gasteiger partial charge < -0.3 is 14.3 Å². The van der Waals surface area contributed by atoms with Crippen LogP contribution in [0.5, 0.6) is 0 Å². The zero-order valence-corrected chi connectivity index (χ0v) is 12.7. The molecule has 6 heteroatoms. The molecule has 0 saturated carbocycles. The second-order valence-corrected chi connectivity index (χ2v) is 5.66. The fraction of sp³-hybridized carbons (Fsp3) is 0.312. The molecule has 0 atom stereocenters. The molecule has 0 fully saturated rings. The highest BCUT2D eigenvalue weighted by Gasteiger charge is 2.29. The molecule has 1 aromatic carbocycles. The van der Waals surface area contributed by atoms with Gasteiger partial charge >= 0.3 is 0 Å². The van der Waals surface area contributed by atoms with Crippen molar-refractivity contribution in [3.8, 4) is 0 Å². The predicted octanol–water partition coefficient (Wildman–Crippen LogP) is 3.04. The summed E-state index contributed by atoms with van der Waals surface area (Å²) in [5.74, 6) is 0.109. The molecular weight excluding hydrogens is 282 g/mol. The van der Waals surface area contributed by atoms with Crippen molar-refractivity contribution in [1.29, 1.82) is 0 Å². The Balaban J connectivity index is 1.92. The predicted molar refractivity (Wildman–Crippen MR) is 80.4 cm³/mol. The molecule has 2 aromatic heterocycles. The lowest BCUT2D eigenvalue weighted by molar-refractivity contribution is 0.0895. The summed E-state index contributed by atoms with van der Waals surface area (Å²) in [4.78, 5) is 16.6. The summed E-state index contributed by atoms with van der Waals surface area (Å²) in [6, 6.07) is 5.86. The van der Waals surface area contributed by atoms with Crippen LogP contribution in [-0.2, 0) is 12.0 Å². The Kier molecular flexibility index (Phi) is 3.44. The van der Waals surface area contributed by atoms with Crippen LogP contribution < -0.4 is 5.32 Å². The number of carbonyl (C=O) groups is 1. The molecule has 0 radical (unpaired) electrons. The van der Waals surface area contributed by atoms with E-state index in [1.807, 2.05) is 18.2 Å². The van der Waals surface area contributed by atoms with Gasteiger partial charge in [0.15, 0.2) is 6.33 Å². The van der Waals surface area contributed by atoms with Crippen molar-refractivity contribution >= 4 is 16.9 Å². The van der Waals surface area contributed by atoms with Crippen molar-refractivity contribution < 1.29 is 13.7 Å². The summed E-state index contributed by atoms with van der Waals surface area (Å²) in [5.41, 5.74) is 1.58. The number of amides is 1. The highest BCUT2D eigenvalue weighted by Crippen LogP contribution is 2.24. The number of nitrogens with zero attached hydrogens (tertiary/aromatic N) is 2. The normalized spacial score (nSPS) is 11.8. The van der Waals surface area contributed by atoms with Gasteiger partial charge in [-0.3, -0.25) is 4.79 Å². The molecule has 2 heterocycles. The summed E-state index contributed by atoms with van der Waals surface area (Å²) in [7, 11) is 0. The van der Waals surface area contributed by atoms with Crippen LogP contribution in [0.3, 0.4) is 0 Å². The Morgan fingerprint density at radius 2 is 2.18 bits per heavy atom. The van der Waals surface area contributed by atoms with E-state index in [0.717, 1.165) is 17.4 Å². The third kappa shape index (κ3) is 2.47. The summed E-state index contributed by atoms with van der Waals surface area (Å²) in [6.45, 7) is 5.68. The lowest BCUT2D eigenvalue weighted by Crippen LogP contribution is -2.41. The maximum Gasteiger partial charge on any atom is 0.256 e. The van der Waals surface area contributed by atoms with Crippen LogP contribution in [0.1, 0.15) is 42.6 Å². The number of aromatic nitrogens is 2. The topological polar surface area (TPSA) is 81.2 Å². The average Bonchev–Trinajstić information content (AvgIpc) is 3.15. The van der Waals surface area contributed by atoms with Crippen molar-refractivity contribution in [2.75, 3.05) is 0 Å². The zero-order chi connectivity index (χ0) is 15.7. The Bertz CT molecular complexity index is 803. The minimum absolute atomic E-state index is 0.241. The molecule has 0 aliphatic carbocycles. The van der Waals surface area contributed by atoms with Gasteiger partial charge in [-0.05, 0) is 38.0 Å². The van der Waals surface area contributed by atoms with E-state index in [9.17, 15) is 4.79 Å². The van der Waals surface area contributed by atoms with E-state index < -0.39 is 5.54 Å². The summed E-state index contributed by atoms with van der Waals surface area (Å²) >= 11 is 0. The van der Waals surface area contributed by atoms with Crippen LogP contribution in [0.2, 0.25) is 0 Å².